The molecule has 2 N–H and O–H groups in total. The summed E-state index contributed by atoms with van der Waals surface area (Å²) >= 11 is 0. The molecule has 1 atom stereocenters. The molecule has 0 saturated heterocycles. The van der Waals surface area contributed by atoms with Crippen LogP contribution in [0.25, 0.3) is 0 Å². The zero-order valence-corrected chi connectivity index (χ0v) is 11.6. The molecule has 0 saturated carbocycles. The molecule has 2 aromatic carbocycles. The Kier molecular flexibility index (Phi) is 3.61. The van der Waals surface area contributed by atoms with E-state index in [4.69, 9.17) is 10.8 Å². The van der Waals surface area contributed by atoms with Crippen LogP contribution in [0, 0.1) is 16.7 Å². The predicted octanol–water partition coefficient (Wildman–Crippen LogP) is 4.23. The van der Waals surface area contributed by atoms with Crippen LogP contribution in [0.2, 0.25) is 0 Å². The molecule has 1 aliphatic rings. The van der Waals surface area contributed by atoms with Crippen molar-refractivity contribution in [1.29, 1.82) is 10.8 Å². The highest BCUT2D eigenvalue weighted by Gasteiger charge is 2.24. The molecule has 1 aliphatic carbocycles. The second-order valence-corrected chi connectivity index (χ2v) is 5.01. The van der Waals surface area contributed by atoms with Crippen LogP contribution < -0.4 is 0 Å². The van der Waals surface area contributed by atoms with Crippen molar-refractivity contribution in [2.45, 2.75) is 0 Å². The van der Waals surface area contributed by atoms with Crippen molar-refractivity contribution in [2.24, 2.45) is 5.92 Å². The first-order chi connectivity index (χ1) is 10.3. The number of hydrogen-bond acceptors (Lipinski definition) is 2. The molecule has 2 aromatic rings. The van der Waals surface area contributed by atoms with Crippen LogP contribution in [0.4, 0.5) is 0 Å². The number of nitrogens with one attached hydrogen (secondary N) is 2. The van der Waals surface area contributed by atoms with Crippen molar-refractivity contribution in [2.75, 3.05) is 0 Å². The highest BCUT2D eigenvalue weighted by molar-refractivity contribution is 6.17. The summed E-state index contributed by atoms with van der Waals surface area (Å²) in [5, 5.41) is 16.8. The van der Waals surface area contributed by atoms with E-state index in [1.165, 1.54) is 0 Å². The van der Waals surface area contributed by atoms with E-state index in [0.717, 1.165) is 16.7 Å². The van der Waals surface area contributed by atoms with Gasteiger partial charge in [0, 0.05) is 11.6 Å². The molecule has 0 radical (unpaired) electrons. The lowest BCUT2D eigenvalue weighted by Crippen LogP contribution is -2.19. The minimum absolute atomic E-state index is 0.139. The van der Waals surface area contributed by atoms with Gasteiger partial charge in [0.25, 0.3) is 0 Å². The second-order valence-electron chi connectivity index (χ2n) is 5.01. The van der Waals surface area contributed by atoms with Crippen LogP contribution in [-0.4, -0.2) is 11.4 Å². The van der Waals surface area contributed by atoms with Gasteiger partial charge in [0.15, 0.2) is 0 Å². The maximum absolute atomic E-state index is 8.42. The smallest absolute Gasteiger partial charge is 0.0654 e. The average molecular weight is 272 g/mol. The van der Waals surface area contributed by atoms with E-state index in [-0.39, 0.29) is 5.92 Å². The maximum Gasteiger partial charge on any atom is 0.0654 e. The predicted molar refractivity (Wildman–Crippen MR) is 87.3 cm³/mol. The Balaban J connectivity index is 1.88. The van der Waals surface area contributed by atoms with Gasteiger partial charge in [-0.1, -0.05) is 78.9 Å². The molecule has 2 heteroatoms. The lowest BCUT2D eigenvalue weighted by molar-refractivity contribution is 1.08. The Labute approximate surface area is 124 Å². The summed E-state index contributed by atoms with van der Waals surface area (Å²) in [7, 11) is 0. The van der Waals surface area contributed by atoms with Crippen LogP contribution in [-0.2, 0) is 0 Å². The normalized spacial score (nSPS) is 16.6. The summed E-state index contributed by atoms with van der Waals surface area (Å²) in [6.07, 6.45) is 5.87. The molecule has 0 aromatic heterocycles. The zero-order chi connectivity index (χ0) is 14.7. The molecular formula is C19H16N2. The van der Waals surface area contributed by atoms with Crippen molar-refractivity contribution in [1.82, 2.24) is 0 Å². The van der Waals surface area contributed by atoms with Crippen LogP contribution in [0.1, 0.15) is 11.1 Å². The first kappa shape index (κ1) is 13.3. The van der Waals surface area contributed by atoms with E-state index in [0.29, 0.717) is 11.4 Å². The fourth-order valence-corrected chi connectivity index (χ4v) is 2.54. The van der Waals surface area contributed by atoms with E-state index in [2.05, 4.69) is 0 Å². The zero-order valence-electron chi connectivity index (χ0n) is 11.6. The summed E-state index contributed by atoms with van der Waals surface area (Å²) in [5.41, 5.74) is 3.71. The van der Waals surface area contributed by atoms with Gasteiger partial charge in [-0.15, -0.1) is 0 Å². The van der Waals surface area contributed by atoms with Gasteiger partial charge in [0.2, 0.25) is 0 Å². The molecule has 3 rings (SSSR count). The number of allylic oxidation sites excluding steroid dienone is 4. The second kappa shape index (κ2) is 5.71. The van der Waals surface area contributed by atoms with Gasteiger partial charge in [0.1, 0.15) is 0 Å². The Morgan fingerprint density at radius 3 is 1.95 bits per heavy atom. The first-order valence-electron chi connectivity index (χ1n) is 6.94. The largest absolute Gasteiger partial charge is 0.304 e. The minimum Gasteiger partial charge on any atom is -0.304 e. The van der Waals surface area contributed by atoms with Gasteiger partial charge in [-0.2, -0.15) is 0 Å². The average Bonchev–Trinajstić information content (AvgIpc) is 3.04. The Bertz CT molecular complexity index is 725. The molecule has 0 heterocycles. The van der Waals surface area contributed by atoms with Crippen LogP contribution in [0.5, 0.6) is 0 Å². The lowest BCUT2D eigenvalue weighted by atomic mass is 9.87. The third kappa shape index (κ3) is 2.61. The van der Waals surface area contributed by atoms with E-state index in [9.17, 15) is 0 Å². The molecule has 0 bridgehead atoms. The van der Waals surface area contributed by atoms with Gasteiger partial charge < -0.3 is 5.41 Å². The number of benzene rings is 2. The van der Waals surface area contributed by atoms with Gasteiger partial charge >= 0.3 is 0 Å². The summed E-state index contributed by atoms with van der Waals surface area (Å²) in [5.74, 6) is -0.139. The fraction of sp³-hybridized carbons (Fsp3) is 0.0526. The molecule has 0 amide bonds. The lowest BCUT2D eigenvalue weighted by Gasteiger charge is -2.16. The van der Waals surface area contributed by atoms with Crippen molar-refractivity contribution in [3.8, 4) is 0 Å². The molecule has 21 heavy (non-hydrogen) atoms. The fourth-order valence-electron chi connectivity index (χ4n) is 2.54. The number of rotatable bonds is 4. The summed E-state index contributed by atoms with van der Waals surface area (Å²) in [4.78, 5) is 0. The molecule has 2 nitrogen and oxygen atoms in total. The molecule has 0 fully saturated rings. The quantitative estimate of drug-likeness (QED) is 0.782. The third-order valence-electron chi connectivity index (χ3n) is 3.66. The molecule has 0 aliphatic heterocycles. The van der Waals surface area contributed by atoms with Crippen molar-refractivity contribution in [3.63, 3.8) is 0 Å². The Hall–Kier alpha value is -2.74. The Morgan fingerprint density at radius 2 is 1.33 bits per heavy atom. The first-order valence-corrected chi connectivity index (χ1v) is 6.94. The van der Waals surface area contributed by atoms with E-state index in [1.54, 1.807) is 0 Å². The standard InChI is InChI=1S/C19H16N2/c20-18(14-8-3-1-4-9-14)16-12-7-13-17(16)19(21)15-10-5-2-6-11-15/h1-13,16,20-21H. The number of hydrogen-bond donors (Lipinski definition) is 2. The summed E-state index contributed by atoms with van der Waals surface area (Å²) in [6, 6.07) is 19.4. The minimum atomic E-state index is -0.139. The van der Waals surface area contributed by atoms with Crippen molar-refractivity contribution >= 4 is 11.4 Å². The summed E-state index contributed by atoms with van der Waals surface area (Å²) in [6.45, 7) is 0. The topological polar surface area (TPSA) is 47.7 Å². The SMILES string of the molecule is N=C(C1=CC=CC1C(=N)c1ccccc1)c1ccccc1. The highest BCUT2D eigenvalue weighted by Crippen LogP contribution is 2.26. The summed E-state index contributed by atoms with van der Waals surface area (Å²) < 4.78 is 0. The maximum atomic E-state index is 8.42. The van der Waals surface area contributed by atoms with Crippen LogP contribution in [0.3, 0.4) is 0 Å². The molecular weight excluding hydrogens is 256 g/mol. The molecule has 0 spiro atoms. The molecule has 1 unspecified atom stereocenters. The third-order valence-corrected chi connectivity index (χ3v) is 3.66. The molecule has 102 valence electrons. The van der Waals surface area contributed by atoms with Gasteiger partial charge in [-0.25, -0.2) is 0 Å². The van der Waals surface area contributed by atoms with E-state index >= 15 is 0 Å². The Morgan fingerprint density at radius 1 is 0.762 bits per heavy atom. The van der Waals surface area contributed by atoms with Gasteiger partial charge in [-0.05, 0) is 16.7 Å². The van der Waals surface area contributed by atoms with Gasteiger partial charge in [0.05, 0.1) is 5.71 Å². The van der Waals surface area contributed by atoms with Crippen LogP contribution >= 0.6 is 0 Å². The highest BCUT2D eigenvalue weighted by atomic mass is 14.5. The van der Waals surface area contributed by atoms with Crippen LogP contribution in [0.15, 0.2) is 84.5 Å². The monoisotopic (exact) mass is 272 g/mol. The van der Waals surface area contributed by atoms with Gasteiger partial charge in [-0.3, -0.25) is 5.41 Å². The van der Waals surface area contributed by atoms with E-state index in [1.807, 2.05) is 78.9 Å². The van der Waals surface area contributed by atoms with Crippen molar-refractivity contribution in [3.05, 3.63) is 95.6 Å². The van der Waals surface area contributed by atoms with E-state index < -0.39 is 0 Å². The van der Waals surface area contributed by atoms with Crippen molar-refractivity contribution < 1.29 is 0 Å².